The lowest BCUT2D eigenvalue weighted by molar-refractivity contribution is 0.990. The number of rotatable bonds is 4. The summed E-state index contributed by atoms with van der Waals surface area (Å²) in [5.74, 6) is 0.822. The average Bonchev–Trinajstić information content (AvgIpc) is 3.01. The van der Waals surface area contributed by atoms with Gasteiger partial charge in [-0.05, 0) is 29.8 Å². The topological polar surface area (TPSA) is 42.7 Å². The highest BCUT2D eigenvalue weighted by Gasteiger charge is 2.02. The van der Waals surface area contributed by atoms with Gasteiger partial charge in [0.2, 0.25) is 0 Å². The van der Waals surface area contributed by atoms with E-state index in [1.807, 2.05) is 35.0 Å². The van der Waals surface area contributed by atoms with Gasteiger partial charge in [-0.25, -0.2) is 9.97 Å². The van der Waals surface area contributed by atoms with Crippen LogP contribution < -0.4 is 5.32 Å². The number of imidazole rings is 1. The minimum Gasteiger partial charge on any atom is -0.380 e. The lowest BCUT2D eigenvalue weighted by Gasteiger charge is -2.09. The van der Waals surface area contributed by atoms with E-state index in [0.717, 1.165) is 17.1 Å². The van der Waals surface area contributed by atoms with Crippen LogP contribution in [0.5, 0.6) is 0 Å². The molecule has 106 valence electrons. The fourth-order valence-electron chi connectivity index (χ4n) is 1.90. The molecule has 0 aliphatic heterocycles. The summed E-state index contributed by atoms with van der Waals surface area (Å²) in [6, 6.07) is 9.36. The summed E-state index contributed by atoms with van der Waals surface area (Å²) in [6.07, 6.45) is 7.06. The van der Waals surface area contributed by atoms with E-state index in [-0.39, 0.29) is 0 Å². The molecule has 0 spiro atoms. The van der Waals surface area contributed by atoms with Gasteiger partial charge in [0.25, 0.3) is 0 Å². The summed E-state index contributed by atoms with van der Waals surface area (Å²) < 4.78 is 1.85. The van der Waals surface area contributed by atoms with Gasteiger partial charge in [0.1, 0.15) is 12.1 Å². The fraction of sp³-hybridized carbons (Fsp3) is 0.0667. The van der Waals surface area contributed by atoms with Gasteiger partial charge in [0.15, 0.2) is 0 Å². The summed E-state index contributed by atoms with van der Waals surface area (Å²) in [7, 11) is 0. The summed E-state index contributed by atoms with van der Waals surface area (Å²) in [5.41, 5.74) is 1.91. The first kappa shape index (κ1) is 13.9. The zero-order valence-electron chi connectivity index (χ0n) is 11.0. The highest BCUT2D eigenvalue weighted by atomic mass is 35.5. The van der Waals surface area contributed by atoms with E-state index in [0.29, 0.717) is 16.6 Å². The van der Waals surface area contributed by atoms with Gasteiger partial charge in [-0.15, -0.1) is 0 Å². The van der Waals surface area contributed by atoms with Gasteiger partial charge >= 0.3 is 0 Å². The van der Waals surface area contributed by atoms with Gasteiger partial charge in [0.05, 0.1) is 11.9 Å². The number of halogens is 2. The Balaban J connectivity index is 1.68. The van der Waals surface area contributed by atoms with Crippen LogP contribution >= 0.6 is 23.2 Å². The predicted octanol–water partition coefficient (Wildman–Crippen LogP) is 4.19. The van der Waals surface area contributed by atoms with E-state index < -0.39 is 0 Å². The highest BCUT2D eigenvalue weighted by molar-refractivity contribution is 6.35. The Hall–Kier alpha value is -2.04. The number of anilines is 1. The van der Waals surface area contributed by atoms with E-state index in [9.17, 15) is 0 Å². The summed E-state index contributed by atoms with van der Waals surface area (Å²) in [4.78, 5) is 8.37. The normalized spacial score (nSPS) is 10.6. The van der Waals surface area contributed by atoms with Crippen LogP contribution in [0.25, 0.3) is 5.82 Å². The molecule has 3 aromatic rings. The monoisotopic (exact) mass is 318 g/mol. The number of hydrogen-bond acceptors (Lipinski definition) is 3. The van der Waals surface area contributed by atoms with Crippen LogP contribution in [-0.2, 0) is 6.54 Å². The number of nitrogens with zero attached hydrogens (tertiary/aromatic N) is 3. The molecule has 2 aromatic heterocycles. The van der Waals surface area contributed by atoms with Crippen LogP contribution in [0.4, 0.5) is 5.69 Å². The van der Waals surface area contributed by atoms with Gasteiger partial charge in [-0.2, -0.15) is 0 Å². The Morgan fingerprint density at radius 1 is 1.14 bits per heavy atom. The van der Waals surface area contributed by atoms with Gasteiger partial charge in [0, 0.05) is 29.0 Å². The largest absolute Gasteiger partial charge is 0.380 e. The van der Waals surface area contributed by atoms with Crippen molar-refractivity contribution in [2.24, 2.45) is 0 Å². The zero-order valence-corrected chi connectivity index (χ0v) is 12.5. The molecule has 21 heavy (non-hydrogen) atoms. The van der Waals surface area contributed by atoms with E-state index in [1.54, 1.807) is 24.8 Å². The lowest BCUT2D eigenvalue weighted by atomic mass is 10.2. The number of pyridine rings is 1. The second kappa shape index (κ2) is 6.16. The molecule has 0 radical (unpaired) electrons. The maximum Gasteiger partial charge on any atom is 0.137 e. The van der Waals surface area contributed by atoms with Crippen molar-refractivity contribution in [1.29, 1.82) is 0 Å². The van der Waals surface area contributed by atoms with Crippen molar-refractivity contribution < 1.29 is 0 Å². The van der Waals surface area contributed by atoms with Crippen molar-refractivity contribution in [3.8, 4) is 5.82 Å². The van der Waals surface area contributed by atoms with E-state index in [2.05, 4.69) is 15.3 Å². The molecule has 0 fully saturated rings. The van der Waals surface area contributed by atoms with E-state index in [1.165, 1.54) is 0 Å². The molecule has 1 N–H and O–H groups in total. The minimum atomic E-state index is 0.613. The number of nitrogens with one attached hydrogen (secondary N) is 1. The Morgan fingerprint density at radius 2 is 2.05 bits per heavy atom. The molecule has 0 aliphatic carbocycles. The molecule has 1 aromatic carbocycles. The maximum atomic E-state index is 6.14. The van der Waals surface area contributed by atoms with Crippen LogP contribution in [-0.4, -0.2) is 14.5 Å². The Kier molecular flexibility index (Phi) is 4.08. The molecular weight excluding hydrogens is 307 g/mol. The molecule has 0 aliphatic rings. The first-order chi connectivity index (χ1) is 10.2. The summed E-state index contributed by atoms with van der Waals surface area (Å²) in [6.45, 7) is 0.613. The van der Waals surface area contributed by atoms with Crippen LogP contribution in [0.3, 0.4) is 0 Å². The Bertz CT molecular complexity index is 724. The highest BCUT2D eigenvalue weighted by Crippen LogP contribution is 2.22. The molecular formula is C15H12Cl2N4. The van der Waals surface area contributed by atoms with Crippen molar-refractivity contribution in [2.75, 3.05) is 5.32 Å². The first-order valence-corrected chi connectivity index (χ1v) is 7.10. The average molecular weight is 319 g/mol. The van der Waals surface area contributed by atoms with Crippen LogP contribution in [0.2, 0.25) is 10.0 Å². The van der Waals surface area contributed by atoms with Crippen LogP contribution in [0, 0.1) is 0 Å². The van der Waals surface area contributed by atoms with Crippen molar-refractivity contribution in [3.63, 3.8) is 0 Å². The molecule has 0 saturated carbocycles. The van der Waals surface area contributed by atoms with Crippen LogP contribution in [0.15, 0.2) is 55.2 Å². The van der Waals surface area contributed by atoms with Crippen LogP contribution in [0.1, 0.15) is 5.56 Å². The molecule has 0 unspecified atom stereocenters. The Labute approximate surface area is 132 Å². The maximum absolute atomic E-state index is 6.14. The van der Waals surface area contributed by atoms with Gasteiger partial charge in [-0.1, -0.05) is 29.3 Å². The third kappa shape index (κ3) is 3.35. The lowest BCUT2D eigenvalue weighted by Crippen LogP contribution is -2.01. The smallest absolute Gasteiger partial charge is 0.137 e. The van der Waals surface area contributed by atoms with Crippen molar-refractivity contribution in [1.82, 2.24) is 14.5 Å². The fourth-order valence-corrected chi connectivity index (χ4v) is 2.38. The third-order valence-corrected chi connectivity index (χ3v) is 3.60. The molecule has 0 amide bonds. The molecule has 6 heteroatoms. The second-order valence-electron chi connectivity index (χ2n) is 4.46. The van der Waals surface area contributed by atoms with E-state index in [4.69, 9.17) is 23.2 Å². The zero-order chi connectivity index (χ0) is 14.7. The molecule has 4 nitrogen and oxygen atoms in total. The van der Waals surface area contributed by atoms with Crippen molar-refractivity contribution in [3.05, 3.63) is 70.9 Å². The quantitative estimate of drug-likeness (QED) is 0.784. The Morgan fingerprint density at radius 3 is 2.71 bits per heavy atom. The van der Waals surface area contributed by atoms with Crippen molar-refractivity contribution >= 4 is 28.9 Å². The first-order valence-electron chi connectivity index (χ1n) is 6.34. The number of hydrogen-bond donors (Lipinski definition) is 1. The van der Waals surface area contributed by atoms with Gasteiger partial charge < -0.3 is 5.32 Å². The molecule has 0 bridgehead atoms. The van der Waals surface area contributed by atoms with Gasteiger partial charge in [-0.3, -0.25) is 4.57 Å². The molecule has 0 saturated heterocycles. The molecule has 2 heterocycles. The molecule has 3 rings (SSSR count). The number of benzene rings is 1. The number of aromatic nitrogens is 3. The second-order valence-corrected chi connectivity index (χ2v) is 5.31. The minimum absolute atomic E-state index is 0.613. The molecule has 0 atom stereocenters. The standard InChI is InChI=1S/C15H12Cl2N4/c16-12-2-1-11(14(17)7-12)8-19-13-3-4-15(20-9-13)21-6-5-18-10-21/h1-7,9-10,19H,8H2. The van der Waals surface area contributed by atoms with E-state index >= 15 is 0 Å². The summed E-state index contributed by atoms with van der Waals surface area (Å²) in [5, 5.41) is 4.56. The third-order valence-electron chi connectivity index (χ3n) is 3.01. The van der Waals surface area contributed by atoms with Crippen molar-refractivity contribution in [2.45, 2.75) is 6.54 Å². The SMILES string of the molecule is Clc1ccc(CNc2ccc(-n3ccnc3)nc2)c(Cl)c1. The summed E-state index contributed by atoms with van der Waals surface area (Å²) >= 11 is 12.0. The predicted molar refractivity (Wildman–Crippen MR) is 85.1 cm³/mol.